The normalized spacial score (nSPS) is 18.2. The third-order valence-electron chi connectivity index (χ3n) is 5.75. The molecule has 0 spiro atoms. The van der Waals surface area contributed by atoms with Crippen molar-refractivity contribution in [2.24, 2.45) is 0 Å². The van der Waals surface area contributed by atoms with Crippen LogP contribution in [0.15, 0.2) is 53.7 Å². The van der Waals surface area contributed by atoms with Crippen LogP contribution in [0, 0.1) is 0 Å². The highest BCUT2D eigenvalue weighted by atomic mass is 32.2. The Morgan fingerprint density at radius 1 is 1.13 bits per heavy atom. The van der Waals surface area contributed by atoms with Gasteiger partial charge in [0.25, 0.3) is 0 Å². The maximum atomic E-state index is 13.0. The van der Waals surface area contributed by atoms with Crippen LogP contribution < -0.4 is 0 Å². The Balaban J connectivity index is 1.50. The number of rotatable bonds is 5. The average molecular weight is 455 g/mol. The van der Waals surface area contributed by atoms with E-state index in [4.69, 9.17) is 9.97 Å². The smallest absolute Gasteiger partial charge is 0.233 e. The third kappa shape index (κ3) is 3.65. The number of hydrogen-bond donors (Lipinski definition) is 0. The molecule has 1 amide bonds. The van der Waals surface area contributed by atoms with E-state index in [0.29, 0.717) is 18.1 Å². The Morgan fingerprint density at radius 3 is 2.61 bits per heavy atom. The number of sulfone groups is 1. The first-order valence-electron chi connectivity index (χ1n) is 10.3. The van der Waals surface area contributed by atoms with Gasteiger partial charge in [-0.15, -0.1) is 0 Å². The molecule has 1 fully saturated rings. The number of amides is 1. The van der Waals surface area contributed by atoms with Crippen molar-refractivity contribution < 1.29 is 13.2 Å². The van der Waals surface area contributed by atoms with Gasteiger partial charge >= 0.3 is 0 Å². The summed E-state index contributed by atoms with van der Waals surface area (Å²) in [5.74, 6) is 0.337. The summed E-state index contributed by atoms with van der Waals surface area (Å²) in [6, 6.07) is 15.5. The number of imidazole rings is 1. The molecule has 0 saturated carbocycles. The number of fused-ring (bicyclic) bond motifs is 5. The summed E-state index contributed by atoms with van der Waals surface area (Å²) >= 11 is 1.37. The lowest BCUT2D eigenvalue weighted by atomic mass is 10.2. The predicted octanol–water partition coefficient (Wildman–Crippen LogP) is 3.16. The minimum atomic E-state index is -3.05. The molecule has 1 atom stereocenters. The van der Waals surface area contributed by atoms with Crippen LogP contribution in [0.1, 0.15) is 13.3 Å². The molecule has 2 aromatic heterocycles. The summed E-state index contributed by atoms with van der Waals surface area (Å²) in [5, 5.41) is 1.66. The molecule has 1 saturated heterocycles. The van der Waals surface area contributed by atoms with Gasteiger partial charge in [0.2, 0.25) is 5.91 Å². The van der Waals surface area contributed by atoms with Gasteiger partial charge in [-0.1, -0.05) is 36.0 Å². The monoisotopic (exact) mass is 454 g/mol. The zero-order valence-electron chi connectivity index (χ0n) is 17.1. The number of hydrogen-bond acceptors (Lipinski definition) is 6. The third-order valence-corrected chi connectivity index (χ3v) is 8.42. The van der Waals surface area contributed by atoms with Gasteiger partial charge in [0, 0.05) is 18.0 Å². The van der Waals surface area contributed by atoms with Crippen molar-refractivity contribution in [1.29, 1.82) is 0 Å². The molecular weight excluding hydrogens is 432 g/mol. The second kappa shape index (κ2) is 7.80. The van der Waals surface area contributed by atoms with Crippen LogP contribution in [0.5, 0.6) is 0 Å². The number of carbonyl (C=O) groups is 1. The van der Waals surface area contributed by atoms with Crippen molar-refractivity contribution in [1.82, 2.24) is 19.3 Å². The van der Waals surface area contributed by atoms with Crippen molar-refractivity contribution in [3.05, 3.63) is 48.5 Å². The number of nitrogens with zero attached hydrogens (tertiary/aromatic N) is 4. The highest BCUT2D eigenvalue weighted by molar-refractivity contribution is 7.99. The molecule has 3 heterocycles. The van der Waals surface area contributed by atoms with Gasteiger partial charge < -0.3 is 4.90 Å². The van der Waals surface area contributed by atoms with Gasteiger partial charge in [-0.05, 0) is 37.6 Å². The number of benzene rings is 2. The number of para-hydroxylation sites is 3. The first-order valence-corrected chi connectivity index (χ1v) is 13.1. The zero-order valence-corrected chi connectivity index (χ0v) is 18.7. The van der Waals surface area contributed by atoms with E-state index in [0.717, 1.165) is 27.6 Å². The van der Waals surface area contributed by atoms with E-state index in [9.17, 15) is 13.2 Å². The lowest BCUT2D eigenvalue weighted by molar-refractivity contribution is -0.129. The van der Waals surface area contributed by atoms with Crippen LogP contribution in [0.25, 0.3) is 27.6 Å². The van der Waals surface area contributed by atoms with Gasteiger partial charge in [-0.25, -0.2) is 18.4 Å². The van der Waals surface area contributed by atoms with Gasteiger partial charge in [-0.3, -0.25) is 9.20 Å². The predicted molar refractivity (Wildman–Crippen MR) is 123 cm³/mol. The Bertz CT molecular complexity index is 1410. The lowest BCUT2D eigenvalue weighted by Gasteiger charge is -2.26. The quantitative estimate of drug-likeness (QED) is 0.340. The number of carbonyl (C=O) groups excluding carboxylic acids is 1. The second-order valence-electron chi connectivity index (χ2n) is 7.70. The van der Waals surface area contributed by atoms with Crippen molar-refractivity contribution in [3.8, 4) is 0 Å². The van der Waals surface area contributed by atoms with Crippen LogP contribution in [0.3, 0.4) is 0 Å². The fraction of sp³-hybridized carbons (Fsp3) is 0.318. The van der Waals surface area contributed by atoms with Gasteiger partial charge in [0.05, 0.1) is 33.8 Å². The maximum Gasteiger partial charge on any atom is 0.233 e. The second-order valence-corrected chi connectivity index (χ2v) is 10.9. The van der Waals surface area contributed by atoms with Crippen molar-refractivity contribution in [2.45, 2.75) is 24.5 Å². The largest absolute Gasteiger partial charge is 0.338 e. The molecule has 160 valence electrons. The molecular formula is C22H22N4O3S2. The van der Waals surface area contributed by atoms with Crippen molar-refractivity contribution in [2.75, 3.05) is 23.8 Å². The van der Waals surface area contributed by atoms with E-state index in [2.05, 4.69) is 0 Å². The lowest BCUT2D eigenvalue weighted by Crippen LogP contribution is -2.42. The number of thioether (sulfide) groups is 1. The molecule has 31 heavy (non-hydrogen) atoms. The van der Waals surface area contributed by atoms with E-state index in [1.54, 1.807) is 4.90 Å². The van der Waals surface area contributed by atoms with Gasteiger partial charge in [-0.2, -0.15) is 0 Å². The van der Waals surface area contributed by atoms with Crippen LogP contribution in [-0.2, 0) is 14.6 Å². The molecule has 2 aromatic carbocycles. The van der Waals surface area contributed by atoms with Crippen LogP contribution in [-0.4, -0.2) is 63.4 Å². The average Bonchev–Trinajstić information content (AvgIpc) is 3.33. The molecule has 5 rings (SSSR count). The summed E-state index contributed by atoms with van der Waals surface area (Å²) in [6.07, 6.45) is 0.511. The fourth-order valence-electron chi connectivity index (χ4n) is 4.28. The first-order chi connectivity index (χ1) is 15.0. The Morgan fingerprint density at radius 2 is 1.87 bits per heavy atom. The zero-order chi connectivity index (χ0) is 21.6. The molecule has 1 aliphatic heterocycles. The minimum Gasteiger partial charge on any atom is -0.338 e. The standard InChI is InChI=1S/C22H22N4O3S2/c1-2-25(15-11-12-31(28,29)14-15)20(27)13-30-22-24-17-8-4-3-7-16(17)21-23-18-9-5-6-10-19(18)26(21)22/h3-10,15H,2,11-14H2,1H3/t15-/m1/s1. The summed E-state index contributed by atoms with van der Waals surface area (Å²) in [6.45, 7) is 2.39. The Kier molecular flexibility index (Phi) is 5.10. The van der Waals surface area contributed by atoms with E-state index >= 15 is 0 Å². The van der Waals surface area contributed by atoms with Gasteiger partial charge in [0.15, 0.2) is 15.0 Å². The Labute approximate surface area is 184 Å². The molecule has 7 nitrogen and oxygen atoms in total. The molecule has 1 aliphatic rings. The molecule has 0 aliphatic carbocycles. The fourth-order valence-corrected chi connectivity index (χ4v) is 6.90. The highest BCUT2D eigenvalue weighted by Gasteiger charge is 2.33. The number of aromatic nitrogens is 3. The molecule has 0 unspecified atom stereocenters. The van der Waals surface area contributed by atoms with Crippen molar-refractivity contribution in [3.63, 3.8) is 0 Å². The van der Waals surface area contributed by atoms with E-state index in [1.807, 2.05) is 59.9 Å². The summed E-state index contributed by atoms with van der Waals surface area (Å²) < 4.78 is 25.7. The summed E-state index contributed by atoms with van der Waals surface area (Å²) in [7, 11) is -3.05. The minimum absolute atomic E-state index is 0.0574. The first kappa shape index (κ1) is 20.3. The topological polar surface area (TPSA) is 84.6 Å². The highest BCUT2D eigenvalue weighted by Crippen LogP contribution is 2.29. The molecule has 9 heteroatoms. The summed E-state index contributed by atoms with van der Waals surface area (Å²) in [5.41, 5.74) is 3.46. The molecule has 4 aromatic rings. The van der Waals surface area contributed by atoms with Crippen LogP contribution in [0.2, 0.25) is 0 Å². The van der Waals surface area contributed by atoms with E-state index in [1.165, 1.54) is 11.8 Å². The molecule has 0 bridgehead atoms. The molecule has 0 radical (unpaired) electrons. The maximum absolute atomic E-state index is 13.0. The Hall–Kier alpha value is -2.65. The SMILES string of the molecule is CCN(C(=O)CSc1nc2ccccc2c2nc3ccccc3n12)[C@@H]1CCS(=O)(=O)C1. The van der Waals surface area contributed by atoms with Crippen LogP contribution in [0.4, 0.5) is 0 Å². The van der Waals surface area contributed by atoms with E-state index < -0.39 is 9.84 Å². The molecule has 0 N–H and O–H groups in total. The van der Waals surface area contributed by atoms with Crippen LogP contribution >= 0.6 is 11.8 Å². The van der Waals surface area contributed by atoms with E-state index in [-0.39, 0.29) is 29.2 Å². The van der Waals surface area contributed by atoms with Gasteiger partial charge in [0.1, 0.15) is 5.65 Å². The summed E-state index contributed by atoms with van der Waals surface area (Å²) in [4.78, 5) is 24.3. The van der Waals surface area contributed by atoms with Crippen molar-refractivity contribution >= 4 is 55.1 Å².